The zero-order chi connectivity index (χ0) is 15.0. The second-order valence-electron chi connectivity index (χ2n) is 3.98. The molecule has 1 aromatic rings. The van der Waals surface area contributed by atoms with Gasteiger partial charge in [0.1, 0.15) is 0 Å². The minimum Gasteiger partial charge on any atom is -0.481 e. The lowest BCUT2D eigenvalue weighted by molar-refractivity contribution is -0.137. The molecule has 0 bridgehead atoms. The highest BCUT2D eigenvalue weighted by Crippen LogP contribution is 2.18. The number of benzene rings is 1. The van der Waals surface area contributed by atoms with Gasteiger partial charge in [-0.3, -0.25) is 14.9 Å². The van der Waals surface area contributed by atoms with Crippen molar-refractivity contribution in [1.82, 2.24) is 5.32 Å². The van der Waals surface area contributed by atoms with Crippen molar-refractivity contribution < 1.29 is 19.5 Å². The normalized spacial score (nSPS) is 9.85. The van der Waals surface area contributed by atoms with Crippen LogP contribution in [0.25, 0.3) is 0 Å². The van der Waals surface area contributed by atoms with Crippen molar-refractivity contribution in [2.75, 3.05) is 11.6 Å². The number of carboxylic acid groups (broad SMARTS) is 1. The fraction of sp³-hybridized carbons (Fsp3) is 0.308. The maximum absolute atomic E-state index is 11.6. The maximum atomic E-state index is 11.6. The standard InChI is InChI=1S/C13H16N2O4S/c1-20-10-5-2-4-9(8-10)14-13(19)15-11(16)6-3-7-12(17)18/h2,4-5,8H,3,6-7H2,1H3,(H,17,18)(H2,14,15,16,19). The lowest BCUT2D eigenvalue weighted by atomic mass is 10.2. The van der Waals surface area contributed by atoms with Crippen LogP contribution in [0.1, 0.15) is 19.3 Å². The summed E-state index contributed by atoms with van der Waals surface area (Å²) in [6.07, 6.45) is 2.04. The molecule has 20 heavy (non-hydrogen) atoms. The van der Waals surface area contributed by atoms with Crippen molar-refractivity contribution in [3.8, 4) is 0 Å². The number of carbonyl (C=O) groups excluding carboxylic acids is 2. The number of imide groups is 1. The van der Waals surface area contributed by atoms with Crippen LogP contribution in [0, 0.1) is 0 Å². The Morgan fingerprint density at radius 3 is 2.65 bits per heavy atom. The van der Waals surface area contributed by atoms with Gasteiger partial charge in [0.25, 0.3) is 0 Å². The Kier molecular flexibility index (Phi) is 6.58. The van der Waals surface area contributed by atoms with Crippen LogP contribution < -0.4 is 10.6 Å². The van der Waals surface area contributed by atoms with E-state index in [-0.39, 0.29) is 19.3 Å². The Hall–Kier alpha value is -2.02. The van der Waals surface area contributed by atoms with E-state index < -0.39 is 17.9 Å². The summed E-state index contributed by atoms with van der Waals surface area (Å²) in [5.74, 6) is -1.46. The molecule has 7 heteroatoms. The summed E-state index contributed by atoms with van der Waals surface area (Å²) >= 11 is 1.54. The molecule has 0 saturated heterocycles. The second kappa shape index (κ2) is 8.21. The highest BCUT2D eigenvalue weighted by molar-refractivity contribution is 7.98. The van der Waals surface area contributed by atoms with Crippen molar-refractivity contribution in [3.63, 3.8) is 0 Å². The van der Waals surface area contributed by atoms with E-state index in [1.54, 1.807) is 30.0 Å². The molecule has 0 aliphatic heterocycles. The van der Waals surface area contributed by atoms with Gasteiger partial charge in [0.2, 0.25) is 5.91 Å². The van der Waals surface area contributed by atoms with E-state index in [1.807, 2.05) is 12.3 Å². The highest BCUT2D eigenvalue weighted by Gasteiger charge is 2.09. The van der Waals surface area contributed by atoms with Gasteiger partial charge < -0.3 is 10.4 Å². The summed E-state index contributed by atoms with van der Waals surface area (Å²) in [5.41, 5.74) is 0.590. The number of rotatable bonds is 6. The number of carbonyl (C=O) groups is 3. The van der Waals surface area contributed by atoms with Gasteiger partial charge in [0.15, 0.2) is 0 Å². The number of amides is 3. The monoisotopic (exact) mass is 296 g/mol. The van der Waals surface area contributed by atoms with E-state index in [9.17, 15) is 14.4 Å². The van der Waals surface area contributed by atoms with Gasteiger partial charge in [-0.2, -0.15) is 0 Å². The van der Waals surface area contributed by atoms with Gasteiger partial charge in [-0.25, -0.2) is 4.79 Å². The van der Waals surface area contributed by atoms with Gasteiger partial charge in [-0.15, -0.1) is 11.8 Å². The van der Waals surface area contributed by atoms with Crippen LogP contribution in [0.4, 0.5) is 10.5 Å². The average molecular weight is 296 g/mol. The SMILES string of the molecule is CSc1cccc(NC(=O)NC(=O)CCCC(=O)O)c1. The van der Waals surface area contributed by atoms with Crippen LogP contribution in [0.5, 0.6) is 0 Å². The quantitative estimate of drug-likeness (QED) is 0.700. The van der Waals surface area contributed by atoms with E-state index in [2.05, 4.69) is 10.6 Å². The van der Waals surface area contributed by atoms with E-state index >= 15 is 0 Å². The van der Waals surface area contributed by atoms with Crippen LogP contribution in [-0.4, -0.2) is 29.3 Å². The fourth-order valence-corrected chi connectivity index (χ4v) is 1.91. The number of hydrogen-bond donors (Lipinski definition) is 3. The number of urea groups is 1. The molecule has 0 saturated carbocycles. The lowest BCUT2D eigenvalue weighted by Gasteiger charge is -2.07. The summed E-state index contributed by atoms with van der Waals surface area (Å²) in [7, 11) is 0. The summed E-state index contributed by atoms with van der Waals surface area (Å²) in [6.45, 7) is 0. The summed E-state index contributed by atoms with van der Waals surface area (Å²) in [4.78, 5) is 34.2. The van der Waals surface area contributed by atoms with Crippen molar-refractivity contribution in [2.24, 2.45) is 0 Å². The molecular formula is C13H16N2O4S. The molecule has 0 unspecified atom stereocenters. The number of aliphatic carboxylic acids is 1. The first kappa shape index (κ1) is 16.0. The fourth-order valence-electron chi connectivity index (χ4n) is 1.45. The Labute approximate surface area is 120 Å². The Bertz CT molecular complexity index is 505. The van der Waals surface area contributed by atoms with Gasteiger partial charge >= 0.3 is 12.0 Å². The first-order chi connectivity index (χ1) is 9.51. The van der Waals surface area contributed by atoms with Crippen LogP contribution in [0.3, 0.4) is 0 Å². The topological polar surface area (TPSA) is 95.5 Å². The molecule has 0 aliphatic carbocycles. The molecule has 1 aromatic carbocycles. The van der Waals surface area contributed by atoms with E-state index in [0.29, 0.717) is 5.69 Å². The first-order valence-corrected chi connectivity index (χ1v) is 7.20. The Balaban J connectivity index is 2.38. The van der Waals surface area contributed by atoms with E-state index in [1.165, 1.54) is 0 Å². The summed E-state index contributed by atoms with van der Waals surface area (Å²) in [6, 6.07) is 6.59. The molecule has 0 aromatic heterocycles. The van der Waals surface area contributed by atoms with Gasteiger partial charge in [0, 0.05) is 23.4 Å². The highest BCUT2D eigenvalue weighted by atomic mass is 32.2. The van der Waals surface area contributed by atoms with Gasteiger partial charge in [0.05, 0.1) is 0 Å². The maximum Gasteiger partial charge on any atom is 0.325 e. The molecular weight excluding hydrogens is 280 g/mol. The Morgan fingerprint density at radius 2 is 2.00 bits per heavy atom. The molecule has 0 spiro atoms. The molecule has 3 N–H and O–H groups in total. The lowest BCUT2D eigenvalue weighted by Crippen LogP contribution is -2.34. The molecule has 0 aliphatic rings. The molecule has 6 nitrogen and oxygen atoms in total. The third-order valence-corrected chi connectivity index (χ3v) is 3.10. The van der Waals surface area contributed by atoms with Crippen molar-refractivity contribution in [2.45, 2.75) is 24.2 Å². The molecule has 0 atom stereocenters. The number of anilines is 1. The van der Waals surface area contributed by atoms with Crippen LogP contribution in [0.15, 0.2) is 29.2 Å². The number of thioether (sulfide) groups is 1. The van der Waals surface area contributed by atoms with Crippen molar-refractivity contribution in [3.05, 3.63) is 24.3 Å². The Morgan fingerprint density at radius 1 is 1.25 bits per heavy atom. The van der Waals surface area contributed by atoms with Gasteiger partial charge in [-0.1, -0.05) is 6.07 Å². The predicted molar refractivity (Wildman–Crippen MR) is 76.9 cm³/mol. The largest absolute Gasteiger partial charge is 0.481 e. The zero-order valence-corrected chi connectivity index (χ0v) is 11.8. The average Bonchev–Trinajstić information content (AvgIpc) is 2.38. The van der Waals surface area contributed by atoms with Crippen molar-refractivity contribution in [1.29, 1.82) is 0 Å². The molecule has 0 fully saturated rings. The second-order valence-corrected chi connectivity index (χ2v) is 4.86. The minimum absolute atomic E-state index is 0.00454. The smallest absolute Gasteiger partial charge is 0.325 e. The minimum atomic E-state index is -0.962. The van der Waals surface area contributed by atoms with E-state index in [4.69, 9.17) is 5.11 Å². The van der Waals surface area contributed by atoms with Crippen molar-refractivity contribution >= 4 is 35.4 Å². The van der Waals surface area contributed by atoms with Crippen LogP contribution in [0.2, 0.25) is 0 Å². The molecule has 0 heterocycles. The van der Waals surface area contributed by atoms with E-state index in [0.717, 1.165) is 4.90 Å². The summed E-state index contributed by atoms with van der Waals surface area (Å²) in [5, 5.41) is 13.1. The molecule has 108 valence electrons. The third kappa shape index (κ3) is 6.24. The first-order valence-electron chi connectivity index (χ1n) is 5.98. The number of carboxylic acids is 1. The predicted octanol–water partition coefficient (Wildman–Crippen LogP) is 2.31. The molecule has 1 rings (SSSR count). The van der Waals surface area contributed by atoms with Crippen LogP contribution in [-0.2, 0) is 9.59 Å². The third-order valence-electron chi connectivity index (χ3n) is 2.38. The molecule has 0 radical (unpaired) electrons. The van der Waals surface area contributed by atoms with Crippen LogP contribution >= 0.6 is 11.8 Å². The number of nitrogens with one attached hydrogen (secondary N) is 2. The summed E-state index contributed by atoms with van der Waals surface area (Å²) < 4.78 is 0. The molecule has 3 amide bonds. The van der Waals surface area contributed by atoms with Gasteiger partial charge in [-0.05, 0) is 30.9 Å². The zero-order valence-electron chi connectivity index (χ0n) is 11.0. The number of hydrogen-bond acceptors (Lipinski definition) is 4.